The highest BCUT2D eigenvalue weighted by Gasteiger charge is 2.20. The normalized spacial score (nSPS) is 14.0. The van der Waals surface area contributed by atoms with Gasteiger partial charge >= 0.3 is 0 Å². The van der Waals surface area contributed by atoms with Gasteiger partial charge < -0.3 is 10.8 Å². The Labute approximate surface area is 148 Å². The van der Waals surface area contributed by atoms with Gasteiger partial charge in [0, 0.05) is 14.8 Å². The van der Waals surface area contributed by atoms with E-state index >= 15 is 0 Å². The Morgan fingerprint density at radius 1 is 1.04 bits per heavy atom. The van der Waals surface area contributed by atoms with Crippen molar-refractivity contribution >= 4 is 23.4 Å². The Balaban J connectivity index is 2.14. The van der Waals surface area contributed by atoms with Crippen LogP contribution in [0, 0.1) is 5.92 Å². The summed E-state index contributed by atoms with van der Waals surface area (Å²) in [5, 5.41) is 11.1. The summed E-state index contributed by atoms with van der Waals surface area (Å²) in [6, 6.07) is 15.4. The van der Waals surface area contributed by atoms with Crippen molar-refractivity contribution in [3.05, 3.63) is 59.1 Å². The number of benzene rings is 2. The van der Waals surface area contributed by atoms with Gasteiger partial charge in [0.05, 0.1) is 12.1 Å². The predicted molar refractivity (Wildman–Crippen MR) is 99.0 cm³/mol. The zero-order valence-electron chi connectivity index (χ0n) is 13.6. The Hall–Kier alpha value is -1.00. The smallest absolute Gasteiger partial charge is 0.0733 e. The minimum Gasteiger partial charge on any atom is -0.391 e. The first-order valence-corrected chi connectivity index (χ1v) is 9.13. The number of hydrogen-bond donors (Lipinski definition) is 2. The Morgan fingerprint density at radius 3 is 2.35 bits per heavy atom. The quantitative estimate of drug-likeness (QED) is 0.714. The Morgan fingerprint density at radius 2 is 1.70 bits per heavy atom. The van der Waals surface area contributed by atoms with Crippen LogP contribution >= 0.6 is 23.4 Å². The molecule has 23 heavy (non-hydrogen) atoms. The average molecular weight is 350 g/mol. The van der Waals surface area contributed by atoms with E-state index in [2.05, 4.69) is 13.8 Å². The molecule has 0 fully saturated rings. The third-order valence-corrected chi connectivity index (χ3v) is 5.13. The topological polar surface area (TPSA) is 46.2 Å². The second-order valence-electron chi connectivity index (χ2n) is 6.16. The SMILES string of the molecule is CC(C)CC[C@@H](O)[C@@H](N)c1ccccc1Sc1ccc(Cl)cc1. The number of hydrogen-bond acceptors (Lipinski definition) is 3. The minimum atomic E-state index is -0.524. The molecule has 0 amide bonds. The van der Waals surface area contributed by atoms with E-state index in [1.807, 2.05) is 48.5 Å². The van der Waals surface area contributed by atoms with Crippen molar-refractivity contribution in [3.63, 3.8) is 0 Å². The highest BCUT2D eigenvalue weighted by Crippen LogP contribution is 2.34. The van der Waals surface area contributed by atoms with Crippen LogP contribution in [0.4, 0.5) is 0 Å². The van der Waals surface area contributed by atoms with E-state index in [1.165, 1.54) is 0 Å². The molecule has 0 saturated heterocycles. The number of halogens is 1. The highest BCUT2D eigenvalue weighted by atomic mass is 35.5. The van der Waals surface area contributed by atoms with Gasteiger partial charge in [0.1, 0.15) is 0 Å². The summed E-state index contributed by atoms with van der Waals surface area (Å²) >= 11 is 7.58. The largest absolute Gasteiger partial charge is 0.391 e. The third-order valence-electron chi connectivity index (χ3n) is 3.77. The predicted octanol–water partition coefficient (Wildman–Crippen LogP) is 5.29. The fourth-order valence-corrected chi connectivity index (χ4v) is 3.49. The van der Waals surface area contributed by atoms with E-state index in [0.717, 1.165) is 33.2 Å². The van der Waals surface area contributed by atoms with E-state index in [9.17, 15) is 5.11 Å². The molecule has 4 heteroatoms. The lowest BCUT2D eigenvalue weighted by molar-refractivity contribution is 0.127. The molecule has 0 radical (unpaired) electrons. The minimum absolute atomic E-state index is 0.371. The van der Waals surface area contributed by atoms with Crippen molar-refractivity contribution < 1.29 is 5.11 Å². The average Bonchev–Trinajstić information content (AvgIpc) is 2.54. The van der Waals surface area contributed by atoms with Gasteiger partial charge in [-0.1, -0.05) is 55.4 Å². The highest BCUT2D eigenvalue weighted by molar-refractivity contribution is 7.99. The summed E-state index contributed by atoms with van der Waals surface area (Å²) in [4.78, 5) is 2.18. The molecule has 0 aliphatic carbocycles. The molecule has 0 saturated carbocycles. The molecule has 2 nitrogen and oxygen atoms in total. The second-order valence-corrected chi connectivity index (χ2v) is 7.71. The molecule has 2 rings (SSSR count). The summed E-state index contributed by atoms with van der Waals surface area (Å²) in [7, 11) is 0. The van der Waals surface area contributed by atoms with Crippen LogP contribution in [0.1, 0.15) is 38.3 Å². The molecule has 0 aliphatic rings. The van der Waals surface area contributed by atoms with Crippen LogP contribution in [0.2, 0.25) is 5.02 Å². The molecular weight excluding hydrogens is 326 g/mol. The van der Waals surface area contributed by atoms with Gasteiger partial charge in [-0.15, -0.1) is 0 Å². The Bertz CT molecular complexity index is 615. The van der Waals surface area contributed by atoms with Crippen LogP contribution in [-0.2, 0) is 0 Å². The molecule has 2 aromatic rings. The molecule has 0 aliphatic heterocycles. The van der Waals surface area contributed by atoms with Crippen LogP contribution in [0.3, 0.4) is 0 Å². The van der Waals surface area contributed by atoms with Gasteiger partial charge in [-0.05, 0) is 54.7 Å². The van der Waals surface area contributed by atoms with E-state index in [-0.39, 0.29) is 6.04 Å². The van der Waals surface area contributed by atoms with Gasteiger partial charge in [0.25, 0.3) is 0 Å². The van der Waals surface area contributed by atoms with Gasteiger partial charge in [-0.25, -0.2) is 0 Å². The zero-order valence-corrected chi connectivity index (χ0v) is 15.1. The fourth-order valence-electron chi connectivity index (χ4n) is 2.37. The maximum absolute atomic E-state index is 10.4. The molecule has 2 aromatic carbocycles. The summed E-state index contributed by atoms with van der Waals surface area (Å²) in [5.74, 6) is 0.565. The second kappa shape index (κ2) is 8.74. The Kier molecular flexibility index (Phi) is 6.97. The molecule has 0 spiro atoms. The van der Waals surface area contributed by atoms with E-state index in [0.29, 0.717) is 5.92 Å². The van der Waals surface area contributed by atoms with Crippen molar-refractivity contribution in [2.24, 2.45) is 11.7 Å². The maximum Gasteiger partial charge on any atom is 0.0733 e. The van der Waals surface area contributed by atoms with Crippen molar-refractivity contribution in [1.29, 1.82) is 0 Å². The molecular formula is C19H24ClNOS. The molecule has 0 unspecified atom stereocenters. The van der Waals surface area contributed by atoms with E-state index < -0.39 is 6.10 Å². The van der Waals surface area contributed by atoms with Crippen LogP contribution < -0.4 is 5.73 Å². The summed E-state index contributed by atoms with van der Waals surface area (Å²) in [6.07, 6.45) is 1.17. The van der Waals surface area contributed by atoms with Crippen molar-refractivity contribution in [3.8, 4) is 0 Å². The number of aliphatic hydroxyl groups is 1. The number of aliphatic hydroxyl groups excluding tert-OH is 1. The molecule has 2 atom stereocenters. The third kappa shape index (κ3) is 5.54. The van der Waals surface area contributed by atoms with Crippen LogP contribution in [-0.4, -0.2) is 11.2 Å². The standard InChI is InChI=1S/C19H24ClNOS/c1-13(2)7-12-17(22)19(21)16-5-3-4-6-18(16)23-15-10-8-14(20)9-11-15/h3-6,8-11,13,17,19,22H,7,12,21H2,1-2H3/t17-,19+/m1/s1. The first-order valence-electron chi connectivity index (χ1n) is 7.93. The monoisotopic (exact) mass is 349 g/mol. The van der Waals surface area contributed by atoms with Crippen molar-refractivity contribution in [2.75, 3.05) is 0 Å². The molecule has 0 aromatic heterocycles. The summed E-state index contributed by atoms with van der Waals surface area (Å²) in [5.41, 5.74) is 7.31. The van der Waals surface area contributed by atoms with Crippen molar-refractivity contribution in [1.82, 2.24) is 0 Å². The lowest BCUT2D eigenvalue weighted by atomic mass is 9.96. The van der Waals surface area contributed by atoms with Crippen LogP contribution in [0.15, 0.2) is 58.3 Å². The van der Waals surface area contributed by atoms with Crippen LogP contribution in [0.25, 0.3) is 0 Å². The number of nitrogens with two attached hydrogens (primary N) is 1. The molecule has 124 valence electrons. The van der Waals surface area contributed by atoms with Gasteiger partial charge in [0.15, 0.2) is 0 Å². The van der Waals surface area contributed by atoms with Crippen LogP contribution in [0.5, 0.6) is 0 Å². The number of rotatable bonds is 7. The summed E-state index contributed by atoms with van der Waals surface area (Å²) < 4.78 is 0. The fraction of sp³-hybridized carbons (Fsp3) is 0.368. The molecule has 3 N–H and O–H groups in total. The molecule has 0 heterocycles. The first kappa shape index (κ1) is 18.3. The zero-order chi connectivity index (χ0) is 16.8. The van der Waals surface area contributed by atoms with E-state index in [1.54, 1.807) is 11.8 Å². The lowest BCUT2D eigenvalue weighted by Gasteiger charge is -2.22. The van der Waals surface area contributed by atoms with Gasteiger partial charge in [-0.2, -0.15) is 0 Å². The van der Waals surface area contributed by atoms with Crippen molar-refractivity contribution in [2.45, 2.75) is 48.6 Å². The summed E-state index contributed by atoms with van der Waals surface area (Å²) in [6.45, 7) is 4.31. The first-order chi connectivity index (χ1) is 11.0. The van der Waals surface area contributed by atoms with Gasteiger partial charge in [0.2, 0.25) is 0 Å². The van der Waals surface area contributed by atoms with Gasteiger partial charge in [-0.3, -0.25) is 0 Å². The molecule has 0 bridgehead atoms. The lowest BCUT2D eigenvalue weighted by Crippen LogP contribution is -2.27. The van der Waals surface area contributed by atoms with E-state index in [4.69, 9.17) is 17.3 Å². The maximum atomic E-state index is 10.4.